The van der Waals surface area contributed by atoms with Gasteiger partial charge in [0.1, 0.15) is 6.17 Å². The summed E-state index contributed by atoms with van der Waals surface area (Å²) in [6.45, 7) is 2.52. The molecule has 3 N–H and O–H groups in total. The average Bonchev–Trinajstić information content (AvgIpc) is 2.38. The number of urea groups is 1. The second-order valence-electron chi connectivity index (χ2n) is 4.70. The summed E-state index contributed by atoms with van der Waals surface area (Å²) in [5, 5.41) is 12.4. The maximum Gasteiger partial charge on any atom is 0.316 e. The lowest BCUT2D eigenvalue weighted by atomic mass is 10.0. The first kappa shape index (κ1) is 12.2. The van der Waals surface area contributed by atoms with Crippen LogP contribution in [0.5, 0.6) is 0 Å². The normalized spacial score (nSPS) is 29.5. The van der Waals surface area contributed by atoms with E-state index in [1.807, 2.05) is 0 Å². The monoisotopic (exact) mass is 240 g/mol. The molecule has 6 heteroatoms. The van der Waals surface area contributed by atoms with E-state index in [1.54, 1.807) is 4.90 Å². The van der Waals surface area contributed by atoms with E-state index in [0.717, 1.165) is 38.8 Å². The molecule has 2 amide bonds. The number of oxime groups is 1. The van der Waals surface area contributed by atoms with Crippen LogP contribution in [-0.2, 0) is 0 Å². The highest BCUT2D eigenvalue weighted by molar-refractivity contribution is 5.92. The van der Waals surface area contributed by atoms with Gasteiger partial charge in [-0.25, -0.2) is 4.79 Å². The van der Waals surface area contributed by atoms with Gasteiger partial charge in [-0.3, -0.25) is 4.90 Å². The lowest BCUT2D eigenvalue weighted by molar-refractivity contribution is 0.0825. The maximum absolute atomic E-state index is 11.5. The van der Waals surface area contributed by atoms with Gasteiger partial charge in [0.25, 0.3) is 0 Å². The number of primary amides is 1. The molecule has 0 aromatic heterocycles. The Balaban J connectivity index is 2.18. The summed E-state index contributed by atoms with van der Waals surface area (Å²) in [6, 6.07) is -0.429. The van der Waals surface area contributed by atoms with Crippen LogP contribution < -0.4 is 5.73 Å². The van der Waals surface area contributed by atoms with E-state index in [0.29, 0.717) is 12.3 Å². The van der Waals surface area contributed by atoms with Crippen molar-refractivity contribution in [2.75, 3.05) is 19.6 Å². The Labute approximate surface area is 101 Å². The van der Waals surface area contributed by atoms with Crippen LogP contribution in [0.4, 0.5) is 4.79 Å². The van der Waals surface area contributed by atoms with Crippen LogP contribution in [-0.4, -0.2) is 52.5 Å². The number of nitrogens with zero attached hydrogens (tertiary/aromatic N) is 3. The molecule has 0 spiro atoms. The molecule has 2 aliphatic rings. The molecule has 2 saturated heterocycles. The highest BCUT2D eigenvalue weighted by Crippen LogP contribution is 2.21. The minimum absolute atomic E-state index is 0.230. The lowest BCUT2D eigenvalue weighted by Crippen LogP contribution is -2.60. The zero-order valence-corrected chi connectivity index (χ0v) is 10.0. The predicted octanol–water partition coefficient (Wildman–Crippen LogP) is 0.803. The summed E-state index contributed by atoms with van der Waals surface area (Å²) in [6.07, 6.45) is 4.80. The van der Waals surface area contributed by atoms with Crippen LogP contribution in [0.1, 0.15) is 32.1 Å². The van der Waals surface area contributed by atoms with Gasteiger partial charge in [0.15, 0.2) is 0 Å². The fraction of sp³-hybridized carbons (Fsp3) is 0.818. The van der Waals surface area contributed by atoms with Crippen LogP contribution in [0, 0.1) is 0 Å². The van der Waals surface area contributed by atoms with Crippen LogP contribution >= 0.6 is 0 Å². The second kappa shape index (κ2) is 5.35. The molecule has 0 bridgehead atoms. The first-order valence-corrected chi connectivity index (χ1v) is 6.25. The summed E-state index contributed by atoms with van der Waals surface area (Å²) in [7, 11) is 0. The summed E-state index contributed by atoms with van der Waals surface area (Å²) >= 11 is 0. The SMILES string of the molecule is NC(=O)N1CCCC(=NO)C1N1CCCCC1. The minimum atomic E-state index is -0.429. The van der Waals surface area contributed by atoms with Crippen molar-refractivity contribution in [2.45, 2.75) is 38.3 Å². The molecule has 0 aromatic carbocycles. The molecule has 1 atom stereocenters. The number of nitrogens with two attached hydrogens (primary N) is 1. The van der Waals surface area contributed by atoms with Gasteiger partial charge in [-0.2, -0.15) is 0 Å². The standard InChI is InChI=1S/C11H20N4O2/c12-11(16)15-8-4-5-9(13-17)10(15)14-6-2-1-3-7-14/h10,17H,1-8H2,(H2,12,16). The Hall–Kier alpha value is -1.30. The minimum Gasteiger partial charge on any atom is -0.411 e. The molecule has 1 unspecified atom stereocenters. The highest BCUT2D eigenvalue weighted by atomic mass is 16.4. The van der Waals surface area contributed by atoms with Crippen LogP contribution in [0.2, 0.25) is 0 Å². The van der Waals surface area contributed by atoms with Crippen molar-refractivity contribution in [3.63, 3.8) is 0 Å². The Morgan fingerprint density at radius 1 is 1.24 bits per heavy atom. The summed E-state index contributed by atoms with van der Waals surface area (Å²) in [5.74, 6) is 0. The fourth-order valence-electron chi connectivity index (χ4n) is 2.76. The van der Waals surface area contributed by atoms with Gasteiger partial charge in [-0.1, -0.05) is 11.6 Å². The third-order valence-corrected chi connectivity index (χ3v) is 3.57. The zero-order chi connectivity index (χ0) is 12.3. The quantitative estimate of drug-likeness (QED) is 0.525. The molecule has 2 aliphatic heterocycles. The van der Waals surface area contributed by atoms with E-state index in [2.05, 4.69) is 10.1 Å². The largest absolute Gasteiger partial charge is 0.411 e. The van der Waals surface area contributed by atoms with Crippen LogP contribution in [0.15, 0.2) is 5.16 Å². The number of piperidine rings is 2. The van der Waals surface area contributed by atoms with Gasteiger partial charge in [-0.15, -0.1) is 0 Å². The van der Waals surface area contributed by atoms with E-state index in [-0.39, 0.29) is 6.17 Å². The maximum atomic E-state index is 11.5. The molecule has 6 nitrogen and oxygen atoms in total. The van der Waals surface area contributed by atoms with Crippen molar-refractivity contribution in [2.24, 2.45) is 10.9 Å². The Bertz CT molecular complexity index is 313. The predicted molar refractivity (Wildman–Crippen MR) is 64.0 cm³/mol. The number of carbonyl (C=O) groups is 1. The van der Waals surface area contributed by atoms with Crippen molar-refractivity contribution in [3.05, 3.63) is 0 Å². The first-order valence-electron chi connectivity index (χ1n) is 6.25. The van der Waals surface area contributed by atoms with E-state index in [1.165, 1.54) is 6.42 Å². The number of rotatable bonds is 1. The van der Waals surface area contributed by atoms with Gasteiger partial charge in [0.2, 0.25) is 0 Å². The molecule has 2 fully saturated rings. The van der Waals surface area contributed by atoms with Crippen molar-refractivity contribution >= 4 is 11.7 Å². The Morgan fingerprint density at radius 3 is 2.53 bits per heavy atom. The molecule has 96 valence electrons. The van der Waals surface area contributed by atoms with Gasteiger partial charge < -0.3 is 15.8 Å². The average molecular weight is 240 g/mol. The summed E-state index contributed by atoms with van der Waals surface area (Å²) in [4.78, 5) is 15.3. The molecular weight excluding hydrogens is 220 g/mol. The van der Waals surface area contributed by atoms with Gasteiger partial charge in [-0.05, 0) is 25.7 Å². The third kappa shape index (κ3) is 2.52. The molecule has 2 rings (SSSR count). The fourth-order valence-corrected chi connectivity index (χ4v) is 2.76. The number of hydrogen-bond donors (Lipinski definition) is 2. The topological polar surface area (TPSA) is 82.2 Å². The molecular formula is C11H20N4O2. The van der Waals surface area contributed by atoms with Crippen molar-refractivity contribution in [1.82, 2.24) is 9.80 Å². The van der Waals surface area contributed by atoms with Crippen molar-refractivity contribution in [1.29, 1.82) is 0 Å². The van der Waals surface area contributed by atoms with Gasteiger partial charge >= 0.3 is 6.03 Å². The Kier molecular flexibility index (Phi) is 3.83. The summed E-state index contributed by atoms with van der Waals surface area (Å²) < 4.78 is 0. The molecule has 2 heterocycles. The Morgan fingerprint density at radius 2 is 1.94 bits per heavy atom. The van der Waals surface area contributed by atoms with Crippen LogP contribution in [0.25, 0.3) is 0 Å². The van der Waals surface area contributed by atoms with Crippen molar-refractivity contribution < 1.29 is 10.0 Å². The second-order valence-corrected chi connectivity index (χ2v) is 4.70. The van der Waals surface area contributed by atoms with E-state index in [9.17, 15) is 4.79 Å². The third-order valence-electron chi connectivity index (χ3n) is 3.57. The molecule has 0 aromatic rings. The smallest absolute Gasteiger partial charge is 0.316 e. The number of carbonyl (C=O) groups excluding carboxylic acids is 1. The number of hydrogen-bond acceptors (Lipinski definition) is 4. The number of amides is 2. The highest BCUT2D eigenvalue weighted by Gasteiger charge is 2.35. The van der Waals surface area contributed by atoms with Crippen molar-refractivity contribution in [3.8, 4) is 0 Å². The van der Waals surface area contributed by atoms with Gasteiger partial charge in [0, 0.05) is 19.6 Å². The lowest BCUT2D eigenvalue weighted by Gasteiger charge is -2.43. The molecule has 17 heavy (non-hydrogen) atoms. The van der Waals surface area contributed by atoms with E-state index >= 15 is 0 Å². The first-order chi connectivity index (χ1) is 8.24. The summed E-state index contributed by atoms with van der Waals surface area (Å²) in [5.41, 5.74) is 6.07. The molecule has 0 radical (unpaired) electrons. The molecule has 0 aliphatic carbocycles. The van der Waals surface area contributed by atoms with E-state index < -0.39 is 6.03 Å². The van der Waals surface area contributed by atoms with E-state index in [4.69, 9.17) is 10.9 Å². The number of likely N-dealkylation sites (tertiary alicyclic amines) is 2. The van der Waals surface area contributed by atoms with Crippen LogP contribution in [0.3, 0.4) is 0 Å². The van der Waals surface area contributed by atoms with Gasteiger partial charge in [0.05, 0.1) is 5.71 Å². The molecule has 0 saturated carbocycles. The zero-order valence-electron chi connectivity index (χ0n) is 10.0.